The molecular weight excluding hydrogens is 382 g/mol. The van der Waals surface area contributed by atoms with Crippen molar-refractivity contribution in [1.82, 2.24) is 0 Å². The maximum atomic E-state index is 13.1. The van der Waals surface area contributed by atoms with Crippen LogP contribution in [-0.4, -0.2) is 17.5 Å². The van der Waals surface area contributed by atoms with Gasteiger partial charge in [0, 0.05) is 16.7 Å². The molecule has 0 saturated carbocycles. The van der Waals surface area contributed by atoms with Crippen LogP contribution in [0.1, 0.15) is 42.2 Å². The van der Waals surface area contributed by atoms with E-state index >= 15 is 0 Å². The number of anilines is 1. The Balaban J connectivity index is 1.58. The van der Waals surface area contributed by atoms with Crippen LogP contribution in [0.3, 0.4) is 0 Å². The first-order valence-electron chi connectivity index (χ1n) is 9.19. The molecular formula is C24H13NO5. The van der Waals surface area contributed by atoms with Gasteiger partial charge in [-0.1, -0.05) is 48.5 Å². The van der Waals surface area contributed by atoms with E-state index in [1.807, 2.05) is 0 Å². The minimum absolute atomic E-state index is 0.111. The molecule has 0 bridgehead atoms. The molecule has 0 unspecified atom stereocenters. The average Bonchev–Trinajstić information content (AvgIpc) is 2.78. The largest absolute Gasteiger partial charge is 0.463 e. The maximum Gasteiger partial charge on any atom is 0.262 e. The number of amides is 1. The molecule has 5 rings (SSSR count). The molecule has 1 aromatic heterocycles. The lowest BCUT2D eigenvalue weighted by Gasteiger charge is -2.20. The van der Waals surface area contributed by atoms with E-state index in [1.165, 1.54) is 6.07 Å². The second-order valence-electron chi connectivity index (χ2n) is 6.86. The Labute approximate surface area is 169 Å². The van der Waals surface area contributed by atoms with Gasteiger partial charge in [0.25, 0.3) is 5.91 Å². The van der Waals surface area contributed by atoms with Gasteiger partial charge < -0.3 is 9.73 Å². The zero-order chi connectivity index (χ0) is 20.8. The van der Waals surface area contributed by atoms with Crippen molar-refractivity contribution in [3.8, 4) is 0 Å². The highest BCUT2D eigenvalue weighted by atomic mass is 16.3. The van der Waals surface area contributed by atoms with Crippen molar-refractivity contribution in [3.63, 3.8) is 0 Å². The van der Waals surface area contributed by atoms with Crippen molar-refractivity contribution in [1.29, 1.82) is 0 Å². The molecule has 30 heavy (non-hydrogen) atoms. The summed E-state index contributed by atoms with van der Waals surface area (Å²) in [5.74, 6) is -1.37. The Morgan fingerprint density at radius 2 is 1.40 bits per heavy atom. The van der Waals surface area contributed by atoms with Crippen LogP contribution in [0.4, 0.5) is 5.69 Å². The molecule has 144 valence electrons. The highest BCUT2D eigenvalue weighted by Gasteiger charge is 2.32. The average molecular weight is 395 g/mol. The summed E-state index contributed by atoms with van der Waals surface area (Å²) in [6.45, 7) is 0. The van der Waals surface area contributed by atoms with Crippen LogP contribution in [-0.2, 0) is 0 Å². The number of carbonyl (C=O) groups excluding carboxylic acids is 3. The Bertz CT molecular complexity index is 1450. The number of nitrogens with one attached hydrogen (secondary N) is 1. The summed E-state index contributed by atoms with van der Waals surface area (Å²) in [4.78, 5) is 51.4. The fraction of sp³-hybridized carbons (Fsp3) is 0. The van der Waals surface area contributed by atoms with Crippen LogP contribution < -0.4 is 10.7 Å². The molecule has 1 N–H and O–H groups in total. The van der Waals surface area contributed by atoms with E-state index in [9.17, 15) is 19.2 Å². The van der Waals surface area contributed by atoms with Crippen molar-refractivity contribution >= 4 is 34.1 Å². The quantitative estimate of drug-likeness (QED) is 0.490. The van der Waals surface area contributed by atoms with Crippen molar-refractivity contribution in [2.75, 3.05) is 5.32 Å². The minimum Gasteiger partial charge on any atom is -0.463 e. The van der Waals surface area contributed by atoms with Gasteiger partial charge in [0.15, 0.2) is 11.6 Å². The summed E-state index contributed by atoms with van der Waals surface area (Å²) < 4.78 is 5.40. The zero-order valence-corrected chi connectivity index (χ0v) is 15.5. The molecule has 0 fully saturated rings. The number of rotatable bonds is 2. The van der Waals surface area contributed by atoms with Gasteiger partial charge in [0.1, 0.15) is 17.4 Å². The lowest BCUT2D eigenvalue weighted by Crippen LogP contribution is -2.25. The second-order valence-corrected chi connectivity index (χ2v) is 6.86. The summed E-state index contributed by atoms with van der Waals surface area (Å²) >= 11 is 0. The first-order chi connectivity index (χ1) is 14.6. The molecule has 1 amide bonds. The summed E-state index contributed by atoms with van der Waals surface area (Å²) in [5, 5.41) is 2.88. The third-order valence-electron chi connectivity index (χ3n) is 5.13. The number of ketones is 2. The summed E-state index contributed by atoms with van der Waals surface area (Å²) in [6.07, 6.45) is 1.09. The highest BCUT2D eigenvalue weighted by molar-refractivity contribution is 6.30. The number of hydrogen-bond donors (Lipinski definition) is 1. The second kappa shape index (κ2) is 6.63. The van der Waals surface area contributed by atoms with Gasteiger partial charge >= 0.3 is 0 Å². The monoisotopic (exact) mass is 395 g/mol. The van der Waals surface area contributed by atoms with Crippen LogP contribution in [0.5, 0.6) is 0 Å². The Kier molecular flexibility index (Phi) is 3.93. The van der Waals surface area contributed by atoms with E-state index in [1.54, 1.807) is 60.7 Å². The van der Waals surface area contributed by atoms with Gasteiger partial charge in [-0.2, -0.15) is 0 Å². The van der Waals surface area contributed by atoms with Crippen molar-refractivity contribution < 1.29 is 18.8 Å². The number of para-hydroxylation sites is 1. The molecule has 0 radical (unpaired) electrons. The summed E-state index contributed by atoms with van der Waals surface area (Å²) in [5.41, 5.74) is 0.789. The molecule has 6 nitrogen and oxygen atoms in total. The van der Waals surface area contributed by atoms with E-state index in [0.717, 1.165) is 6.26 Å². The van der Waals surface area contributed by atoms with E-state index < -0.39 is 11.3 Å². The third kappa shape index (κ3) is 2.58. The molecule has 3 aromatic carbocycles. The zero-order valence-electron chi connectivity index (χ0n) is 15.5. The van der Waals surface area contributed by atoms with Crippen LogP contribution in [0.2, 0.25) is 0 Å². The molecule has 1 aliphatic rings. The lowest BCUT2D eigenvalue weighted by atomic mass is 9.83. The van der Waals surface area contributed by atoms with E-state index in [2.05, 4.69) is 5.32 Å². The van der Waals surface area contributed by atoms with Crippen LogP contribution in [0.15, 0.2) is 82.2 Å². The maximum absolute atomic E-state index is 13.1. The molecule has 0 saturated heterocycles. The topological polar surface area (TPSA) is 93.4 Å². The SMILES string of the molecule is O=C1c2ccccc2C(=O)c2c(NC(=O)c3coc4ccccc4c3=O)cccc21. The summed E-state index contributed by atoms with van der Waals surface area (Å²) in [6, 6.07) is 17.8. The van der Waals surface area contributed by atoms with E-state index in [0.29, 0.717) is 11.1 Å². The highest BCUT2D eigenvalue weighted by Crippen LogP contribution is 2.32. The Morgan fingerprint density at radius 1 is 0.733 bits per heavy atom. The molecule has 0 spiro atoms. The van der Waals surface area contributed by atoms with E-state index in [-0.39, 0.29) is 44.9 Å². The first kappa shape index (κ1) is 17.8. The van der Waals surface area contributed by atoms with Gasteiger partial charge in [0.05, 0.1) is 16.6 Å². The predicted octanol–water partition coefficient (Wildman–Crippen LogP) is 3.82. The van der Waals surface area contributed by atoms with Crippen LogP contribution in [0.25, 0.3) is 11.0 Å². The Morgan fingerprint density at radius 3 is 2.20 bits per heavy atom. The van der Waals surface area contributed by atoms with Gasteiger partial charge in [-0.05, 0) is 18.2 Å². The molecule has 0 aliphatic heterocycles. The minimum atomic E-state index is -0.720. The number of carbonyl (C=O) groups is 3. The molecule has 4 aromatic rings. The van der Waals surface area contributed by atoms with Crippen LogP contribution in [0, 0.1) is 0 Å². The standard InChI is InChI=1S/C24H13NO5/c26-21-13-6-1-2-7-14(13)23(28)20-16(21)9-5-10-18(20)25-24(29)17-12-30-19-11-4-3-8-15(19)22(17)27/h1-12H,(H,25,29). The normalized spacial score (nSPS) is 12.4. The molecule has 0 atom stereocenters. The van der Waals surface area contributed by atoms with Crippen molar-refractivity contribution in [2.45, 2.75) is 0 Å². The third-order valence-corrected chi connectivity index (χ3v) is 5.13. The smallest absolute Gasteiger partial charge is 0.262 e. The van der Waals surface area contributed by atoms with Gasteiger partial charge in [0.2, 0.25) is 5.43 Å². The fourth-order valence-electron chi connectivity index (χ4n) is 3.67. The molecule has 1 aliphatic carbocycles. The van der Waals surface area contributed by atoms with Crippen molar-refractivity contribution in [2.24, 2.45) is 0 Å². The summed E-state index contributed by atoms with van der Waals surface area (Å²) in [7, 11) is 0. The van der Waals surface area contributed by atoms with Gasteiger partial charge in [-0.25, -0.2) is 0 Å². The first-order valence-corrected chi connectivity index (χ1v) is 9.19. The lowest BCUT2D eigenvalue weighted by molar-refractivity contribution is 0.0978. The van der Waals surface area contributed by atoms with E-state index in [4.69, 9.17) is 4.42 Å². The number of hydrogen-bond acceptors (Lipinski definition) is 5. The molecule has 1 heterocycles. The Hall–Kier alpha value is -4.32. The van der Waals surface area contributed by atoms with Crippen LogP contribution >= 0.6 is 0 Å². The van der Waals surface area contributed by atoms with Gasteiger partial charge in [-0.3, -0.25) is 19.2 Å². The fourth-order valence-corrected chi connectivity index (χ4v) is 3.67. The predicted molar refractivity (Wildman–Crippen MR) is 110 cm³/mol. The van der Waals surface area contributed by atoms with Crippen molar-refractivity contribution in [3.05, 3.63) is 111 Å². The van der Waals surface area contributed by atoms with Gasteiger partial charge in [-0.15, -0.1) is 0 Å². The number of fused-ring (bicyclic) bond motifs is 3. The molecule has 6 heteroatoms. The number of benzene rings is 3.